The maximum absolute atomic E-state index is 12.1. The molecule has 0 aliphatic carbocycles. The number of hydrogen-bond acceptors (Lipinski definition) is 4. The van der Waals surface area contributed by atoms with Gasteiger partial charge in [0, 0.05) is 9.50 Å². The molecule has 0 unspecified atom stereocenters. The molecule has 0 radical (unpaired) electrons. The lowest BCUT2D eigenvalue weighted by atomic mass is 10.2. The van der Waals surface area contributed by atoms with Gasteiger partial charge in [-0.1, -0.05) is 39.7 Å². The topological polar surface area (TPSA) is 78.8 Å². The summed E-state index contributed by atoms with van der Waals surface area (Å²) in [5, 5.41) is 4.35. The van der Waals surface area contributed by atoms with E-state index in [1.807, 2.05) is 24.3 Å². The third-order valence-corrected chi connectivity index (χ3v) is 5.22. The van der Waals surface area contributed by atoms with Gasteiger partial charge in [-0.3, -0.25) is 9.10 Å². The molecule has 0 aliphatic rings. The predicted molar refractivity (Wildman–Crippen MR) is 108 cm³/mol. The second-order valence-electron chi connectivity index (χ2n) is 5.55. The SMILES string of the molecule is Cc1cc(Cl)ccc1N(CC(=O)N/N=C\c1cccc(Br)c1)S(C)(=O)=O. The van der Waals surface area contributed by atoms with E-state index in [1.54, 1.807) is 25.1 Å². The van der Waals surface area contributed by atoms with Crippen LogP contribution in [0.15, 0.2) is 52.0 Å². The van der Waals surface area contributed by atoms with Crippen molar-refractivity contribution in [3.05, 3.63) is 63.1 Å². The molecule has 26 heavy (non-hydrogen) atoms. The van der Waals surface area contributed by atoms with Gasteiger partial charge in [-0.25, -0.2) is 13.8 Å². The molecular weight excluding hydrogens is 442 g/mol. The molecule has 0 saturated heterocycles. The number of nitrogens with zero attached hydrogens (tertiary/aromatic N) is 2. The molecule has 0 aromatic heterocycles. The molecule has 138 valence electrons. The first-order chi connectivity index (χ1) is 12.2. The molecule has 6 nitrogen and oxygen atoms in total. The number of carbonyl (C=O) groups excluding carboxylic acids is 1. The summed E-state index contributed by atoms with van der Waals surface area (Å²) in [6.07, 6.45) is 2.51. The van der Waals surface area contributed by atoms with Crippen LogP contribution in [-0.4, -0.2) is 33.3 Å². The van der Waals surface area contributed by atoms with E-state index in [-0.39, 0.29) is 0 Å². The summed E-state index contributed by atoms with van der Waals surface area (Å²) >= 11 is 9.25. The van der Waals surface area contributed by atoms with Gasteiger partial charge in [-0.05, 0) is 48.4 Å². The minimum atomic E-state index is -3.66. The molecule has 0 saturated carbocycles. The molecule has 0 fully saturated rings. The van der Waals surface area contributed by atoms with Crippen LogP contribution in [-0.2, 0) is 14.8 Å². The average Bonchev–Trinajstić information content (AvgIpc) is 2.52. The lowest BCUT2D eigenvalue weighted by Crippen LogP contribution is -2.39. The number of sulfonamides is 1. The van der Waals surface area contributed by atoms with Gasteiger partial charge in [0.15, 0.2) is 0 Å². The zero-order chi connectivity index (χ0) is 19.3. The summed E-state index contributed by atoms with van der Waals surface area (Å²) < 4.78 is 26.1. The molecule has 0 heterocycles. The van der Waals surface area contributed by atoms with E-state index in [2.05, 4.69) is 26.5 Å². The fourth-order valence-electron chi connectivity index (χ4n) is 2.21. The summed E-state index contributed by atoms with van der Waals surface area (Å²) in [7, 11) is -3.66. The van der Waals surface area contributed by atoms with Crippen LogP contribution in [0.4, 0.5) is 5.69 Å². The zero-order valence-electron chi connectivity index (χ0n) is 14.1. The van der Waals surface area contributed by atoms with Gasteiger partial charge in [-0.15, -0.1) is 0 Å². The first-order valence-electron chi connectivity index (χ1n) is 7.48. The van der Waals surface area contributed by atoms with Crippen LogP contribution in [0.2, 0.25) is 5.02 Å². The normalized spacial score (nSPS) is 11.5. The number of rotatable bonds is 6. The zero-order valence-corrected chi connectivity index (χ0v) is 17.3. The van der Waals surface area contributed by atoms with Crippen molar-refractivity contribution in [3.63, 3.8) is 0 Å². The number of benzene rings is 2. The minimum absolute atomic E-state index is 0.392. The van der Waals surface area contributed by atoms with Crippen molar-refractivity contribution in [2.75, 3.05) is 17.1 Å². The number of hydrogen-bond donors (Lipinski definition) is 1. The van der Waals surface area contributed by atoms with Gasteiger partial charge < -0.3 is 0 Å². The molecule has 2 aromatic carbocycles. The van der Waals surface area contributed by atoms with Gasteiger partial charge in [0.1, 0.15) is 6.54 Å². The molecule has 0 spiro atoms. The van der Waals surface area contributed by atoms with E-state index in [9.17, 15) is 13.2 Å². The monoisotopic (exact) mass is 457 g/mol. The van der Waals surface area contributed by atoms with E-state index in [1.165, 1.54) is 6.21 Å². The second kappa shape index (κ2) is 8.66. The van der Waals surface area contributed by atoms with Crippen LogP contribution in [0, 0.1) is 6.92 Å². The van der Waals surface area contributed by atoms with Crippen molar-refractivity contribution in [2.45, 2.75) is 6.92 Å². The molecule has 0 aliphatic heterocycles. The van der Waals surface area contributed by atoms with Crippen molar-refractivity contribution in [1.82, 2.24) is 5.43 Å². The van der Waals surface area contributed by atoms with Crippen LogP contribution in [0.5, 0.6) is 0 Å². The van der Waals surface area contributed by atoms with E-state index >= 15 is 0 Å². The molecule has 2 aromatic rings. The number of hydrazone groups is 1. The first-order valence-corrected chi connectivity index (χ1v) is 10.5. The Morgan fingerprint density at radius 2 is 2.04 bits per heavy atom. The molecule has 1 amide bonds. The molecule has 1 N–H and O–H groups in total. The first kappa shape index (κ1) is 20.4. The fraction of sp³-hybridized carbons (Fsp3) is 0.176. The number of anilines is 1. The highest BCUT2D eigenvalue weighted by atomic mass is 79.9. The van der Waals surface area contributed by atoms with Gasteiger partial charge in [0.2, 0.25) is 10.0 Å². The summed E-state index contributed by atoms with van der Waals surface area (Å²) in [5.74, 6) is -0.559. The van der Waals surface area contributed by atoms with Crippen LogP contribution in [0.25, 0.3) is 0 Å². The van der Waals surface area contributed by atoms with Crippen LogP contribution in [0.1, 0.15) is 11.1 Å². The lowest BCUT2D eigenvalue weighted by Gasteiger charge is -2.23. The Hall–Kier alpha value is -1.90. The molecule has 0 atom stereocenters. The van der Waals surface area contributed by atoms with E-state index in [4.69, 9.17) is 11.6 Å². The van der Waals surface area contributed by atoms with Crippen molar-refractivity contribution < 1.29 is 13.2 Å². The molecular formula is C17H17BrClN3O3S. The number of nitrogens with one attached hydrogen (secondary N) is 1. The number of halogens is 2. The Morgan fingerprint density at radius 3 is 2.65 bits per heavy atom. The van der Waals surface area contributed by atoms with Crippen molar-refractivity contribution in [1.29, 1.82) is 0 Å². The lowest BCUT2D eigenvalue weighted by molar-refractivity contribution is -0.119. The summed E-state index contributed by atoms with van der Waals surface area (Å²) in [6.45, 7) is 1.33. The third kappa shape index (κ3) is 5.82. The highest BCUT2D eigenvalue weighted by Crippen LogP contribution is 2.25. The van der Waals surface area contributed by atoms with Gasteiger partial charge in [-0.2, -0.15) is 5.10 Å². The largest absolute Gasteiger partial charge is 0.271 e. The summed E-state index contributed by atoms with van der Waals surface area (Å²) in [6, 6.07) is 12.1. The standard InChI is InChI=1S/C17H17BrClN3O3S/c1-12-8-15(19)6-7-16(12)22(26(2,24)25)11-17(23)21-20-10-13-4-3-5-14(18)9-13/h3-10H,11H2,1-2H3,(H,21,23)/b20-10-. The van der Waals surface area contributed by atoms with Crippen LogP contribution >= 0.6 is 27.5 Å². The highest BCUT2D eigenvalue weighted by molar-refractivity contribution is 9.10. The predicted octanol–water partition coefficient (Wildman–Crippen LogP) is 3.33. The minimum Gasteiger partial charge on any atom is -0.271 e. The maximum atomic E-state index is 12.1. The van der Waals surface area contributed by atoms with E-state index in [0.29, 0.717) is 16.3 Å². The number of amides is 1. The Kier molecular flexibility index (Phi) is 6.80. The average molecular weight is 459 g/mol. The number of aryl methyl sites for hydroxylation is 1. The van der Waals surface area contributed by atoms with Crippen molar-refractivity contribution in [3.8, 4) is 0 Å². The Morgan fingerprint density at radius 1 is 1.31 bits per heavy atom. The highest BCUT2D eigenvalue weighted by Gasteiger charge is 2.22. The second-order valence-corrected chi connectivity index (χ2v) is 8.81. The Balaban J connectivity index is 2.12. The number of carbonyl (C=O) groups is 1. The van der Waals surface area contributed by atoms with E-state index < -0.39 is 22.5 Å². The summed E-state index contributed by atoms with van der Waals surface area (Å²) in [5.41, 5.74) is 4.16. The van der Waals surface area contributed by atoms with Crippen molar-refractivity contribution >= 4 is 55.4 Å². The van der Waals surface area contributed by atoms with Crippen LogP contribution < -0.4 is 9.73 Å². The fourth-order valence-corrected chi connectivity index (χ4v) is 3.77. The van der Waals surface area contributed by atoms with Gasteiger partial charge in [0.25, 0.3) is 5.91 Å². The Labute approximate surface area is 166 Å². The summed E-state index contributed by atoms with van der Waals surface area (Å²) in [4.78, 5) is 12.1. The van der Waals surface area contributed by atoms with Gasteiger partial charge >= 0.3 is 0 Å². The molecule has 2 rings (SSSR count). The van der Waals surface area contributed by atoms with Gasteiger partial charge in [0.05, 0.1) is 18.2 Å². The smallest absolute Gasteiger partial charge is 0.260 e. The van der Waals surface area contributed by atoms with Crippen LogP contribution in [0.3, 0.4) is 0 Å². The molecule has 0 bridgehead atoms. The maximum Gasteiger partial charge on any atom is 0.260 e. The Bertz CT molecular complexity index is 948. The third-order valence-electron chi connectivity index (χ3n) is 3.37. The molecule has 9 heteroatoms. The quantitative estimate of drug-likeness (QED) is 0.533. The van der Waals surface area contributed by atoms with Crippen molar-refractivity contribution in [2.24, 2.45) is 5.10 Å². The van der Waals surface area contributed by atoms with E-state index in [0.717, 1.165) is 20.6 Å².